The highest BCUT2D eigenvalue weighted by Gasteiger charge is 2.12. The highest BCUT2D eigenvalue weighted by Crippen LogP contribution is 2.23. The molecule has 0 aliphatic heterocycles. The Hall–Kier alpha value is -1.62. The van der Waals surface area contributed by atoms with Gasteiger partial charge >= 0.3 is 0 Å². The van der Waals surface area contributed by atoms with E-state index in [4.69, 9.17) is 10.5 Å². The molecular weight excluding hydrogens is 232 g/mol. The molecule has 5 heteroatoms. The number of benzene rings is 1. The molecule has 1 unspecified atom stereocenters. The lowest BCUT2D eigenvalue weighted by molar-refractivity contribution is -0.385. The summed E-state index contributed by atoms with van der Waals surface area (Å²) in [5, 5.41) is 10.8. The Labute approximate surface area is 107 Å². The van der Waals surface area contributed by atoms with Crippen molar-refractivity contribution in [2.45, 2.75) is 32.7 Å². The number of rotatable bonds is 6. The van der Waals surface area contributed by atoms with Crippen molar-refractivity contribution in [3.8, 4) is 5.75 Å². The van der Waals surface area contributed by atoms with Crippen LogP contribution in [0, 0.1) is 16.0 Å². The number of non-ortho nitro benzene ring substituents is 1. The summed E-state index contributed by atoms with van der Waals surface area (Å²) in [6, 6.07) is 4.93. The van der Waals surface area contributed by atoms with Gasteiger partial charge in [-0.2, -0.15) is 0 Å². The number of nitro benzene ring substituents is 1. The van der Waals surface area contributed by atoms with Crippen LogP contribution < -0.4 is 10.5 Å². The molecule has 100 valence electrons. The number of hydrogen-bond donors (Lipinski definition) is 1. The summed E-state index contributed by atoms with van der Waals surface area (Å²) in [4.78, 5) is 10.4. The van der Waals surface area contributed by atoms with Gasteiger partial charge in [-0.3, -0.25) is 10.1 Å². The molecule has 1 atom stereocenters. The molecule has 0 fully saturated rings. The van der Waals surface area contributed by atoms with E-state index in [0.717, 1.165) is 18.4 Å². The van der Waals surface area contributed by atoms with Crippen molar-refractivity contribution in [2.75, 3.05) is 7.11 Å². The minimum absolute atomic E-state index is 0.0578. The Morgan fingerprint density at radius 3 is 2.56 bits per heavy atom. The van der Waals surface area contributed by atoms with Crippen molar-refractivity contribution >= 4 is 5.69 Å². The first-order valence-corrected chi connectivity index (χ1v) is 6.02. The van der Waals surface area contributed by atoms with Gasteiger partial charge in [0.15, 0.2) is 0 Å². The maximum Gasteiger partial charge on any atom is 0.273 e. The third kappa shape index (κ3) is 4.00. The molecule has 5 nitrogen and oxygen atoms in total. The lowest BCUT2D eigenvalue weighted by Gasteiger charge is -2.15. The second-order valence-electron chi connectivity index (χ2n) is 4.74. The van der Waals surface area contributed by atoms with Crippen LogP contribution in [0.2, 0.25) is 0 Å². The van der Waals surface area contributed by atoms with Crippen LogP contribution in [0.5, 0.6) is 5.75 Å². The van der Waals surface area contributed by atoms with Gasteiger partial charge in [-0.05, 0) is 30.4 Å². The van der Waals surface area contributed by atoms with E-state index >= 15 is 0 Å². The van der Waals surface area contributed by atoms with Crippen molar-refractivity contribution < 1.29 is 9.66 Å². The van der Waals surface area contributed by atoms with Gasteiger partial charge in [-0.25, -0.2) is 0 Å². The second-order valence-corrected chi connectivity index (χ2v) is 4.74. The van der Waals surface area contributed by atoms with E-state index in [9.17, 15) is 10.1 Å². The smallest absolute Gasteiger partial charge is 0.273 e. The Morgan fingerprint density at radius 2 is 2.06 bits per heavy atom. The van der Waals surface area contributed by atoms with Crippen molar-refractivity contribution in [1.29, 1.82) is 0 Å². The summed E-state index contributed by atoms with van der Waals surface area (Å²) in [7, 11) is 1.50. The van der Waals surface area contributed by atoms with Gasteiger partial charge in [0, 0.05) is 12.1 Å². The molecule has 0 saturated heterocycles. The number of ether oxygens (including phenoxy) is 1. The molecule has 0 bridgehead atoms. The maximum atomic E-state index is 10.8. The average Bonchev–Trinajstić information content (AvgIpc) is 2.35. The molecule has 0 heterocycles. The van der Waals surface area contributed by atoms with E-state index in [0.29, 0.717) is 11.7 Å². The molecule has 2 N–H and O–H groups in total. The average molecular weight is 252 g/mol. The van der Waals surface area contributed by atoms with Crippen molar-refractivity contribution in [3.63, 3.8) is 0 Å². The molecule has 0 amide bonds. The number of aryl methyl sites for hydroxylation is 1. The lowest BCUT2D eigenvalue weighted by atomic mass is 9.97. The summed E-state index contributed by atoms with van der Waals surface area (Å²) in [6.45, 7) is 4.14. The zero-order chi connectivity index (χ0) is 13.7. The van der Waals surface area contributed by atoms with Crippen LogP contribution in [0.25, 0.3) is 0 Å². The fourth-order valence-electron chi connectivity index (χ4n) is 1.68. The molecule has 0 aliphatic rings. The maximum absolute atomic E-state index is 10.8. The minimum atomic E-state index is -0.408. The summed E-state index contributed by atoms with van der Waals surface area (Å²) in [5.74, 6) is 0.919. The van der Waals surface area contributed by atoms with E-state index in [-0.39, 0.29) is 11.7 Å². The number of nitrogens with two attached hydrogens (primary N) is 1. The molecule has 0 aromatic heterocycles. The van der Waals surface area contributed by atoms with Crippen molar-refractivity contribution in [2.24, 2.45) is 11.7 Å². The van der Waals surface area contributed by atoms with Crippen LogP contribution in [-0.2, 0) is 6.42 Å². The molecular formula is C13H20N2O3. The summed E-state index contributed by atoms with van der Waals surface area (Å²) in [6.07, 6.45) is 1.53. The fourth-order valence-corrected chi connectivity index (χ4v) is 1.68. The standard InChI is InChI=1S/C13H20N2O3/c1-9(2)13(14)5-4-10-6-11(15(16)17)8-12(7-10)18-3/h6-9,13H,4-5,14H2,1-3H3. The fraction of sp³-hybridized carbons (Fsp3) is 0.538. The third-order valence-corrected chi connectivity index (χ3v) is 3.02. The van der Waals surface area contributed by atoms with E-state index < -0.39 is 4.92 Å². The highest BCUT2D eigenvalue weighted by atomic mass is 16.6. The molecule has 1 aromatic carbocycles. The second kappa shape index (κ2) is 6.35. The Kier molecular flexibility index (Phi) is 5.09. The van der Waals surface area contributed by atoms with E-state index in [1.165, 1.54) is 13.2 Å². The predicted molar refractivity (Wildman–Crippen MR) is 70.8 cm³/mol. The first kappa shape index (κ1) is 14.4. The van der Waals surface area contributed by atoms with Gasteiger partial charge in [0.1, 0.15) is 5.75 Å². The lowest BCUT2D eigenvalue weighted by Crippen LogP contribution is -2.26. The zero-order valence-corrected chi connectivity index (χ0v) is 11.1. The molecule has 0 radical (unpaired) electrons. The zero-order valence-electron chi connectivity index (χ0n) is 11.1. The number of methoxy groups -OCH3 is 1. The molecule has 18 heavy (non-hydrogen) atoms. The predicted octanol–water partition coefficient (Wildman–Crippen LogP) is 2.52. The normalized spacial score (nSPS) is 12.5. The number of nitro groups is 1. The van der Waals surface area contributed by atoms with Crippen LogP contribution in [-0.4, -0.2) is 18.1 Å². The van der Waals surface area contributed by atoms with Crippen molar-refractivity contribution in [1.82, 2.24) is 0 Å². The van der Waals surface area contributed by atoms with E-state index in [1.807, 2.05) is 6.07 Å². The van der Waals surface area contributed by atoms with Gasteiger partial charge in [-0.15, -0.1) is 0 Å². The van der Waals surface area contributed by atoms with Crippen LogP contribution in [0.3, 0.4) is 0 Å². The monoisotopic (exact) mass is 252 g/mol. The van der Waals surface area contributed by atoms with Crippen LogP contribution >= 0.6 is 0 Å². The van der Waals surface area contributed by atoms with Crippen LogP contribution in [0.1, 0.15) is 25.8 Å². The molecule has 0 aliphatic carbocycles. The molecule has 0 saturated carbocycles. The molecule has 1 aromatic rings. The topological polar surface area (TPSA) is 78.4 Å². The number of hydrogen-bond acceptors (Lipinski definition) is 4. The number of nitrogens with zero attached hydrogens (tertiary/aromatic N) is 1. The van der Waals surface area contributed by atoms with E-state index in [1.54, 1.807) is 6.07 Å². The summed E-state index contributed by atoms with van der Waals surface area (Å²) >= 11 is 0. The first-order chi connectivity index (χ1) is 8.43. The van der Waals surface area contributed by atoms with Crippen molar-refractivity contribution in [3.05, 3.63) is 33.9 Å². The van der Waals surface area contributed by atoms with E-state index in [2.05, 4.69) is 13.8 Å². The first-order valence-electron chi connectivity index (χ1n) is 6.02. The summed E-state index contributed by atoms with van der Waals surface area (Å²) < 4.78 is 5.06. The molecule has 0 spiro atoms. The van der Waals surface area contributed by atoms with Gasteiger partial charge in [-0.1, -0.05) is 13.8 Å². The largest absolute Gasteiger partial charge is 0.496 e. The van der Waals surface area contributed by atoms with Gasteiger partial charge < -0.3 is 10.5 Å². The Morgan fingerprint density at radius 1 is 1.39 bits per heavy atom. The third-order valence-electron chi connectivity index (χ3n) is 3.02. The summed E-state index contributed by atoms with van der Waals surface area (Å²) in [5.41, 5.74) is 6.91. The minimum Gasteiger partial charge on any atom is -0.496 e. The Balaban J connectivity index is 2.81. The van der Waals surface area contributed by atoms with Gasteiger partial charge in [0.2, 0.25) is 0 Å². The van der Waals surface area contributed by atoms with Crippen LogP contribution in [0.15, 0.2) is 18.2 Å². The van der Waals surface area contributed by atoms with Crippen LogP contribution in [0.4, 0.5) is 5.69 Å². The van der Waals surface area contributed by atoms with Gasteiger partial charge in [0.25, 0.3) is 5.69 Å². The highest BCUT2D eigenvalue weighted by molar-refractivity contribution is 5.42. The molecule has 1 rings (SSSR count). The SMILES string of the molecule is COc1cc(CCC(N)C(C)C)cc([N+](=O)[O-])c1. The Bertz CT molecular complexity index is 419. The van der Waals surface area contributed by atoms with Gasteiger partial charge in [0.05, 0.1) is 18.1 Å². The quantitative estimate of drug-likeness (QED) is 0.623.